The highest BCUT2D eigenvalue weighted by molar-refractivity contribution is 9.10. The Balaban J connectivity index is 1.49. The number of anilines is 2. The fourth-order valence-electron chi connectivity index (χ4n) is 4.11. The average Bonchev–Trinajstić information content (AvgIpc) is 3.42. The van der Waals surface area contributed by atoms with E-state index in [2.05, 4.69) is 38.3 Å². The van der Waals surface area contributed by atoms with Crippen LogP contribution in [0, 0.1) is 0 Å². The largest absolute Gasteiger partial charge is 0.494 e. The molecule has 0 aromatic heterocycles. The Kier molecular flexibility index (Phi) is 8.53. The number of carbonyl (C=O) groups excluding carboxylic acids is 1. The van der Waals surface area contributed by atoms with Gasteiger partial charge in [-0.15, -0.1) is 0 Å². The van der Waals surface area contributed by atoms with Gasteiger partial charge in [0.2, 0.25) is 5.91 Å². The Morgan fingerprint density at radius 1 is 0.972 bits per heavy atom. The van der Waals surface area contributed by atoms with Crippen molar-refractivity contribution < 1.29 is 17.9 Å². The molecule has 9 heteroatoms. The second-order valence-electron chi connectivity index (χ2n) is 8.53. The monoisotopic (exact) mass is 571 g/mol. The normalized spacial score (nSPS) is 13.4. The molecule has 1 amide bonds. The summed E-state index contributed by atoms with van der Waals surface area (Å²) >= 11 is 3.33. The number of rotatable bonds is 10. The molecule has 0 aliphatic carbocycles. The van der Waals surface area contributed by atoms with Gasteiger partial charge < -0.3 is 15.0 Å². The number of carbonyl (C=O) groups is 1. The van der Waals surface area contributed by atoms with Gasteiger partial charge in [-0.05, 0) is 86.0 Å². The third-order valence-electron chi connectivity index (χ3n) is 6.02. The van der Waals surface area contributed by atoms with Gasteiger partial charge in [0.15, 0.2) is 0 Å². The van der Waals surface area contributed by atoms with Gasteiger partial charge in [-0.2, -0.15) is 0 Å². The van der Waals surface area contributed by atoms with Crippen LogP contribution >= 0.6 is 15.9 Å². The van der Waals surface area contributed by atoms with Crippen molar-refractivity contribution in [3.63, 3.8) is 0 Å². The van der Waals surface area contributed by atoms with Crippen molar-refractivity contribution in [3.05, 3.63) is 82.8 Å². The van der Waals surface area contributed by atoms with Crippen molar-refractivity contribution in [1.82, 2.24) is 5.32 Å². The van der Waals surface area contributed by atoms with Gasteiger partial charge in [0.05, 0.1) is 17.2 Å². The number of benzene rings is 3. The Hall–Kier alpha value is -3.04. The van der Waals surface area contributed by atoms with E-state index < -0.39 is 15.9 Å². The second-order valence-corrected chi connectivity index (χ2v) is 11.3. The van der Waals surface area contributed by atoms with E-state index in [-0.39, 0.29) is 11.4 Å². The molecule has 0 radical (unpaired) electrons. The number of halogens is 1. The van der Waals surface area contributed by atoms with E-state index >= 15 is 0 Å². The maximum Gasteiger partial charge on any atom is 0.264 e. The van der Waals surface area contributed by atoms with Crippen molar-refractivity contribution in [2.75, 3.05) is 35.4 Å². The van der Waals surface area contributed by atoms with E-state index in [4.69, 9.17) is 4.74 Å². The summed E-state index contributed by atoms with van der Waals surface area (Å²) in [5.41, 5.74) is 2.52. The van der Waals surface area contributed by atoms with Crippen molar-refractivity contribution in [3.8, 4) is 5.75 Å². The molecule has 3 aromatic rings. The van der Waals surface area contributed by atoms with Gasteiger partial charge in [-0.1, -0.05) is 28.1 Å². The number of nitrogens with zero attached hydrogens (tertiary/aromatic N) is 2. The van der Waals surface area contributed by atoms with Crippen molar-refractivity contribution in [1.29, 1.82) is 0 Å². The van der Waals surface area contributed by atoms with Crippen molar-refractivity contribution >= 4 is 43.2 Å². The fourth-order valence-corrected chi connectivity index (χ4v) is 5.80. The Morgan fingerprint density at radius 3 is 2.22 bits per heavy atom. The highest BCUT2D eigenvalue weighted by Crippen LogP contribution is 2.27. The van der Waals surface area contributed by atoms with E-state index in [1.54, 1.807) is 36.4 Å². The van der Waals surface area contributed by atoms with Gasteiger partial charge in [0.25, 0.3) is 10.0 Å². The zero-order valence-corrected chi connectivity index (χ0v) is 22.6. The van der Waals surface area contributed by atoms with Crippen molar-refractivity contribution in [2.45, 2.75) is 31.2 Å². The Bertz CT molecular complexity index is 1260. The molecule has 4 rings (SSSR count). The molecule has 1 heterocycles. The zero-order chi connectivity index (χ0) is 25.5. The first-order valence-electron chi connectivity index (χ1n) is 12.0. The zero-order valence-electron chi connectivity index (χ0n) is 20.2. The fraction of sp³-hybridized carbons (Fsp3) is 0.296. The van der Waals surface area contributed by atoms with E-state index in [9.17, 15) is 13.2 Å². The van der Waals surface area contributed by atoms with E-state index in [0.29, 0.717) is 24.6 Å². The Labute approximate surface area is 221 Å². The molecule has 1 aliphatic rings. The lowest BCUT2D eigenvalue weighted by Crippen LogP contribution is -2.40. The summed E-state index contributed by atoms with van der Waals surface area (Å²) in [6.45, 7) is 4.49. The van der Waals surface area contributed by atoms with Crippen LogP contribution in [0.25, 0.3) is 0 Å². The van der Waals surface area contributed by atoms with Gasteiger partial charge in [0, 0.05) is 29.8 Å². The van der Waals surface area contributed by atoms with Crippen LogP contribution in [0.5, 0.6) is 5.75 Å². The molecule has 0 saturated carbocycles. The molecule has 0 spiro atoms. The SMILES string of the molecule is CCOc1ccc(N(CC(=O)NCc2ccc(N3CCCC3)cc2)S(=O)(=O)c2ccc(Br)cc2)cc1. The van der Waals surface area contributed by atoms with E-state index in [1.807, 2.05) is 19.1 Å². The molecule has 1 saturated heterocycles. The third-order valence-corrected chi connectivity index (χ3v) is 8.34. The molecule has 1 fully saturated rings. The summed E-state index contributed by atoms with van der Waals surface area (Å²) in [5.74, 6) is 0.234. The lowest BCUT2D eigenvalue weighted by molar-refractivity contribution is -0.119. The molecule has 1 aliphatic heterocycles. The Morgan fingerprint density at radius 2 is 1.61 bits per heavy atom. The average molecular weight is 573 g/mol. The maximum atomic E-state index is 13.5. The summed E-state index contributed by atoms with van der Waals surface area (Å²) in [6.07, 6.45) is 2.43. The van der Waals surface area contributed by atoms with Crippen LogP contribution in [-0.2, 0) is 21.4 Å². The highest BCUT2D eigenvalue weighted by Gasteiger charge is 2.27. The first-order chi connectivity index (χ1) is 17.4. The molecule has 0 atom stereocenters. The first-order valence-corrected chi connectivity index (χ1v) is 14.2. The van der Waals surface area contributed by atoms with Crippen LogP contribution in [0.15, 0.2) is 82.2 Å². The first kappa shape index (κ1) is 26.0. The predicted molar refractivity (Wildman–Crippen MR) is 146 cm³/mol. The topological polar surface area (TPSA) is 79.0 Å². The molecular weight excluding hydrogens is 542 g/mol. The van der Waals surface area contributed by atoms with E-state index in [0.717, 1.165) is 27.4 Å². The smallest absolute Gasteiger partial charge is 0.264 e. The molecule has 7 nitrogen and oxygen atoms in total. The molecule has 0 bridgehead atoms. The maximum absolute atomic E-state index is 13.5. The third kappa shape index (κ3) is 6.39. The molecular formula is C27H30BrN3O4S. The number of amides is 1. The van der Waals surface area contributed by atoms with Gasteiger partial charge in [-0.25, -0.2) is 8.42 Å². The minimum Gasteiger partial charge on any atom is -0.494 e. The van der Waals surface area contributed by atoms with Crippen molar-refractivity contribution in [2.24, 2.45) is 0 Å². The number of ether oxygens (including phenoxy) is 1. The summed E-state index contributed by atoms with van der Waals surface area (Å²) in [7, 11) is -3.98. The minimum atomic E-state index is -3.98. The van der Waals surface area contributed by atoms with Crippen LogP contribution in [0.4, 0.5) is 11.4 Å². The van der Waals surface area contributed by atoms with Crippen LogP contribution in [0.1, 0.15) is 25.3 Å². The highest BCUT2D eigenvalue weighted by atomic mass is 79.9. The van der Waals surface area contributed by atoms with Crippen LogP contribution in [-0.4, -0.2) is 40.6 Å². The van der Waals surface area contributed by atoms with Gasteiger partial charge in [0.1, 0.15) is 12.3 Å². The summed E-state index contributed by atoms with van der Waals surface area (Å²) < 4.78 is 34.4. The number of sulfonamides is 1. The number of hydrogen-bond acceptors (Lipinski definition) is 5. The molecule has 0 unspecified atom stereocenters. The van der Waals surface area contributed by atoms with Gasteiger partial charge >= 0.3 is 0 Å². The second kappa shape index (κ2) is 11.8. The number of hydrogen-bond donors (Lipinski definition) is 1. The molecule has 190 valence electrons. The minimum absolute atomic E-state index is 0.102. The molecule has 3 aromatic carbocycles. The molecule has 36 heavy (non-hydrogen) atoms. The summed E-state index contributed by atoms with van der Waals surface area (Å²) in [6, 6.07) is 21.2. The quantitative estimate of drug-likeness (QED) is 0.372. The standard InChI is InChI=1S/C27H30BrN3O4S/c1-2-35-25-13-11-24(12-14-25)31(36(33,34)26-15-7-22(28)8-16-26)20-27(32)29-19-21-5-9-23(10-6-21)30-17-3-4-18-30/h5-16H,2-4,17-20H2,1H3,(H,29,32). The predicted octanol–water partition coefficient (Wildman–Crippen LogP) is 4.96. The number of nitrogens with one attached hydrogen (secondary N) is 1. The lowest BCUT2D eigenvalue weighted by Gasteiger charge is -2.24. The van der Waals surface area contributed by atoms with Crippen LogP contribution in [0.2, 0.25) is 0 Å². The van der Waals surface area contributed by atoms with Gasteiger partial charge in [-0.3, -0.25) is 9.10 Å². The van der Waals surface area contributed by atoms with E-state index in [1.165, 1.54) is 30.7 Å². The van der Waals surface area contributed by atoms with Crippen LogP contribution < -0.4 is 19.3 Å². The summed E-state index contributed by atoms with van der Waals surface area (Å²) in [5, 5.41) is 2.86. The molecule has 1 N–H and O–H groups in total. The summed E-state index contributed by atoms with van der Waals surface area (Å²) in [4.78, 5) is 15.4. The van der Waals surface area contributed by atoms with Crippen LogP contribution in [0.3, 0.4) is 0 Å². The lowest BCUT2D eigenvalue weighted by atomic mass is 10.2.